The van der Waals surface area contributed by atoms with E-state index in [2.05, 4.69) is 29.4 Å². The summed E-state index contributed by atoms with van der Waals surface area (Å²) in [4.78, 5) is 30.4. The molecule has 1 unspecified atom stereocenters. The van der Waals surface area contributed by atoms with Crippen LogP contribution in [-0.4, -0.2) is 51.6 Å². The topological polar surface area (TPSA) is 73.9 Å². The van der Waals surface area contributed by atoms with Crippen molar-refractivity contribution in [2.24, 2.45) is 0 Å². The van der Waals surface area contributed by atoms with E-state index in [4.69, 9.17) is 4.74 Å². The third-order valence-electron chi connectivity index (χ3n) is 6.86. The maximum absolute atomic E-state index is 13.3. The van der Waals surface area contributed by atoms with Gasteiger partial charge in [0.05, 0.1) is 12.7 Å². The van der Waals surface area contributed by atoms with E-state index >= 15 is 0 Å². The molecule has 1 aliphatic heterocycles. The Morgan fingerprint density at radius 1 is 1.00 bits per heavy atom. The summed E-state index contributed by atoms with van der Waals surface area (Å²) >= 11 is 0. The summed E-state index contributed by atoms with van der Waals surface area (Å²) < 4.78 is 5.90. The van der Waals surface area contributed by atoms with E-state index in [-0.39, 0.29) is 17.9 Å². The molecule has 1 fully saturated rings. The number of nitrogens with zero attached hydrogens (tertiary/aromatic N) is 2. The molecule has 0 bridgehead atoms. The second-order valence-electron chi connectivity index (χ2n) is 9.19. The summed E-state index contributed by atoms with van der Waals surface area (Å²) in [6.45, 7) is 10.1. The Hall–Kier alpha value is -3.68. The lowest BCUT2D eigenvalue weighted by Gasteiger charge is -2.26. The predicted molar refractivity (Wildman–Crippen MR) is 150 cm³/mol. The summed E-state index contributed by atoms with van der Waals surface area (Å²) in [6, 6.07) is 20.8. The zero-order valence-corrected chi connectivity index (χ0v) is 22.1. The van der Waals surface area contributed by atoms with Gasteiger partial charge in [0.2, 0.25) is 0 Å². The number of carbonyl (C=O) groups is 2. The summed E-state index contributed by atoms with van der Waals surface area (Å²) in [7, 11) is 1.74. The summed E-state index contributed by atoms with van der Waals surface area (Å²) in [5.41, 5.74) is 5.44. The third-order valence-corrected chi connectivity index (χ3v) is 6.86. The molecule has 1 heterocycles. The van der Waals surface area contributed by atoms with Crippen molar-refractivity contribution in [3.63, 3.8) is 0 Å². The zero-order valence-electron chi connectivity index (χ0n) is 22.1. The zero-order chi connectivity index (χ0) is 26.4. The van der Waals surface area contributed by atoms with Gasteiger partial charge < -0.3 is 25.2 Å². The molecule has 0 aliphatic carbocycles. The predicted octanol–water partition coefficient (Wildman–Crippen LogP) is 5.03. The highest BCUT2D eigenvalue weighted by Crippen LogP contribution is 2.28. The Balaban J connectivity index is 1.52. The van der Waals surface area contributed by atoms with Crippen LogP contribution in [0.25, 0.3) is 0 Å². The Labute approximate surface area is 219 Å². The molecule has 2 amide bonds. The number of hydrogen-bond donors (Lipinski definition) is 2. The Morgan fingerprint density at radius 3 is 2.38 bits per heavy atom. The minimum Gasteiger partial charge on any atom is -0.372 e. The molecule has 4 rings (SSSR count). The molecule has 1 saturated heterocycles. The number of nitrogens with one attached hydrogen (secondary N) is 2. The first-order valence-electron chi connectivity index (χ1n) is 12.9. The molecule has 37 heavy (non-hydrogen) atoms. The molecule has 0 radical (unpaired) electrons. The quantitative estimate of drug-likeness (QED) is 0.454. The van der Waals surface area contributed by atoms with Gasteiger partial charge >= 0.3 is 0 Å². The maximum atomic E-state index is 13.3. The molecule has 0 saturated carbocycles. The Bertz CT molecular complexity index is 1230. The molecule has 7 nitrogen and oxygen atoms in total. The van der Waals surface area contributed by atoms with Crippen LogP contribution >= 0.6 is 0 Å². The van der Waals surface area contributed by atoms with Gasteiger partial charge in [-0.05, 0) is 68.8 Å². The van der Waals surface area contributed by atoms with Crippen LogP contribution in [0, 0.1) is 6.92 Å². The van der Waals surface area contributed by atoms with Crippen molar-refractivity contribution in [3.05, 3.63) is 89.0 Å². The molecule has 0 spiro atoms. The number of carbonyl (C=O) groups excluding carboxylic acids is 2. The highest BCUT2D eigenvalue weighted by Gasteiger charge is 2.21. The molecule has 1 atom stereocenters. The number of aryl methyl sites for hydroxylation is 1. The first kappa shape index (κ1) is 26.4. The van der Waals surface area contributed by atoms with Crippen LogP contribution < -0.4 is 20.4 Å². The van der Waals surface area contributed by atoms with Crippen molar-refractivity contribution >= 4 is 28.9 Å². The number of para-hydroxylation sites is 1. The SMILES string of the molecule is CCN(CC)c1ccc(C(=O)N(C)c2cc(C(=O)Nc3ccccc3C3CNCCO3)ccc2C)cc1. The van der Waals surface area contributed by atoms with Crippen molar-refractivity contribution in [1.82, 2.24) is 5.32 Å². The van der Waals surface area contributed by atoms with Crippen molar-refractivity contribution in [2.45, 2.75) is 26.9 Å². The fraction of sp³-hybridized carbons (Fsp3) is 0.333. The number of amides is 2. The highest BCUT2D eigenvalue weighted by atomic mass is 16.5. The average Bonchev–Trinajstić information content (AvgIpc) is 2.94. The molecule has 3 aromatic rings. The number of morpholine rings is 1. The van der Waals surface area contributed by atoms with Crippen LogP contribution in [0.2, 0.25) is 0 Å². The minimum atomic E-state index is -0.234. The number of ether oxygens (including phenoxy) is 1. The van der Waals surface area contributed by atoms with Crippen LogP contribution in [-0.2, 0) is 4.74 Å². The van der Waals surface area contributed by atoms with E-state index in [0.717, 1.165) is 42.1 Å². The normalized spacial score (nSPS) is 15.2. The number of benzene rings is 3. The van der Waals surface area contributed by atoms with Crippen molar-refractivity contribution < 1.29 is 14.3 Å². The van der Waals surface area contributed by atoms with Gasteiger partial charge in [-0.2, -0.15) is 0 Å². The maximum Gasteiger partial charge on any atom is 0.258 e. The van der Waals surface area contributed by atoms with Gasteiger partial charge in [-0.3, -0.25) is 9.59 Å². The van der Waals surface area contributed by atoms with Crippen molar-refractivity contribution in [1.29, 1.82) is 0 Å². The van der Waals surface area contributed by atoms with Crippen molar-refractivity contribution in [2.75, 3.05) is 55.0 Å². The fourth-order valence-electron chi connectivity index (χ4n) is 4.67. The van der Waals surface area contributed by atoms with Gasteiger partial charge in [0.15, 0.2) is 0 Å². The van der Waals surface area contributed by atoms with E-state index in [1.807, 2.05) is 61.5 Å². The molecular formula is C30H36N4O3. The van der Waals surface area contributed by atoms with Crippen LogP contribution in [0.4, 0.5) is 17.1 Å². The summed E-state index contributed by atoms with van der Waals surface area (Å²) in [5.74, 6) is -0.360. The van der Waals surface area contributed by atoms with Gasteiger partial charge in [-0.15, -0.1) is 0 Å². The highest BCUT2D eigenvalue weighted by molar-refractivity contribution is 6.09. The summed E-state index contributed by atoms with van der Waals surface area (Å²) in [5, 5.41) is 6.38. The first-order chi connectivity index (χ1) is 17.9. The number of hydrogen-bond acceptors (Lipinski definition) is 5. The lowest BCUT2D eigenvalue weighted by atomic mass is 10.0. The van der Waals surface area contributed by atoms with E-state index in [1.54, 1.807) is 24.1 Å². The molecule has 7 heteroatoms. The van der Waals surface area contributed by atoms with Gasteiger partial charge in [-0.1, -0.05) is 24.3 Å². The van der Waals surface area contributed by atoms with Crippen LogP contribution in [0.3, 0.4) is 0 Å². The summed E-state index contributed by atoms with van der Waals surface area (Å²) in [6.07, 6.45) is -0.115. The largest absolute Gasteiger partial charge is 0.372 e. The van der Waals surface area contributed by atoms with Crippen LogP contribution in [0.15, 0.2) is 66.7 Å². The Kier molecular flexibility index (Phi) is 8.58. The van der Waals surface area contributed by atoms with Crippen LogP contribution in [0.5, 0.6) is 0 Å². The van der Waals surface area contributed by atoms with E-state index in [0.29, 0.717) is 30.0 Å². The lowest BCUT2D eigenvalue weighted by molar-refractivity contribution is 0.0281. The molecule has 1 aliphatic rings. The molecule has 194 valence electrons. The second kappa shape index (κ2) is 12.0. The first-order valence-corrected chi connectivity index (χ1v) is 12.9. The standard InChI is InChI=1S/C30H36N4O3/c1-5-34(6-2)24-15-13-22(14-16-24)30(36)33(4)27-19-23(12-11-21(27)3)29(35)32-26-10-8-7-9-25(26)28-20-31-17-18-37-28/h7-16,19,28,31H,5-6,17-18,20H2,1-4H3,(H,32,35). The number of rotatable bonds is 8. The van der Waals surface area contributed by atoms with Crippen LogP contribution in [0.1, 0.15) is 51.8 Å². The fourth-order valence-corrected chi connectivity index (χ4v) is 4.67. The van der Waals surface area contributed by atoms with E-state index in [1.165, 1.54) is 0 Å². The van der Waals surface area contributed by atoms with E-state index < -0.39 is 0 Å². The molecule has 0 aromatic heterocycles. The minimum absolute atomic E-state index is 0.115. The molecular weight excluding hydrogens is 464 g/mol. The van der Waals surface area contributed by atoms with E-state index in [9.17, 15) is 9.59 Å². The molecule has 2 N–H and O–H groups in total. The monoisotopic (exact) mass is 500 g/mol. The van der Waals surface area contributed by atoms with Crippen molar-refractivity contribution in [3.8, 4) is 0 Å². The van der Waals surface area contributed by atoms with Gasteiger partial charge in [-0.25, -0.2) is 0 Å². The van der Waals surface area contributed by atoms with Gasteiger partial charge in [0, 0.05) is 67.0 Å². The Morgan fingerprint density at radius 2 is 1.70 bits per heavy atom. The lowest BCUT2D eigenvalue weighted by Crippen LogP contribution is -2.33. The average molecular weight is 501 g/mol. The number of anilines is 3. The smallest absolute Gasteiger partial charge is 0.258 e. The van der Waals surface area contributed by atoms with Gasteiger partial charge in [0.1, 0.15) is 0 Å². The molecule has 3 aromatic carbocycles. The van der Waals surface area contributed by atoms with Gasteiger partial charge in [0.25, 0.3) is 11.8 Å². The third kappa shape index (κ3) is 6.01. The second-order valence-corrected chi connectivity index (χ2v) is 9.19.